The van der Waals surface area contributed by atoms with Crippen LogP contribution < -0.4 is 5.32 Å². The predicted octanol–water partition coefficient (Wildman–Crippen LogP) is 3.67. The van der Waals surface area contributed by atoms with Gasteiger partial charge in [0.05, 0.1) is 7.11 Å². The van der Waals surface area contributed by atoms with Crippen molar-refractivity contribution in [1.29, 1.82) is 0 Å². The molecule has 116 valence electrons. The van der Waals surface area contributed by atoms with Gasteiger partial charge < -0.3 is 4.74 Å². The zero-order valence-electron chi connectivity index (χ0n) is 13.6. The van der Waals surface area contributed by atoms with Crippen molar-refractivity contribution < 1.29 is 9.53 Å². The lowest BCUT2D eigenvalue weighted by molar-refractivity contribution is -0.151. The fourth-order valence-corrected chi connectivity index (χ4v) is 4.50. The number of hydrogen-bond acceptors (Lipinski definition) is 3. The molecule has 2 saturated carbocycles. The van der Waals surface area contributed by atoms with E-state index in [-0.39, 0.29) is 11.4 Å². The van der Waals surface area contributed by atoms with Crippen molar-refractivity contribution in [2.45, 2.75) is 83.7 Å². The molecule has 0 bridgehead atoms. The van der Waals surface area contributed by atoms with Crippen molar-refractivity contribution in [3.05, 3.63) is 0 Å². The molecule has 2 aliphatic rings. The maximum absolute atomic E-state index is 12.5. The van der Waals surface area contributed by atoms with Crippen molar-refractivity contribution >= 4 is 5.97 Å². The summed E-state index contributed by atoms with van der Waals surface area (Å²) in [6.45, 7) is 6.74. The highest BCUT2D eigenvalue weighted by atomic mass is 16.5. The number of ether oxygens (including phenoxy) is 1. The summed E-state index contributed by atoms with van der Waals surface area (Å²) >= 11 is 0. The van der Waals surface area contributed by atoms with Gasteiger partial charge in [0.15, 0.2) is 0 Å². The van der Waals surface area contributed by atoms with Crippen LogP contribution in [0.25, 0.3) is 0 Å². The van der Waals surface area contributed by atoms with E-state index in [2.05, 4.69) is 26.1 Å². The van der Waals surface area contributed by atoms with Gasteiger partial charge in [0.25, 0.3) is 0 Å². The third-order valence-corrected chi connectivity index (χ3v) is 5.32. The molecule has 0 aromatic carbocycles. The van der Waals surface area contributed by atoms with E-state index >= 15 is 0 Å². The van der Waals surface area contributed by atoms with Crippen molar-refractivity contribution in [1.82, 2.24) is 5.32 Å². The highest BCUT2D eigenvalue weighted by Crippen LogP contribution is 2.48. The van der Waals surface area contributed by atoms with Crippen LogP contribution in [0.15, 0.2) is 0 Å². The maximum Gasteiger partial charge on any atom is 0.326 e. The summed E-state index contributed by atoms with van der Waals surface area (Å²) in [7, 11) is 1.52. The molecule has 2 aliphatic carbocycles. The minimum Gasteiger partial charge on any atom is -0.468 e. The Morgan fingerprint density at radius 3 is 2.20 bits per heavy atom. The van der Waals surface area contributed by atoms with E-state index in [0.29, 0.717) is 12.0 Å². The van der Waals surface area contributed by atoms with Crippen molar-refractivity contribution in [3.63, 3.8) is 0 Å². The molecule has 0 aromatic heterocycles. The lowest BCUT2D eigenvalue weighted by atomic mass is 9.85. The SMILES string of the molecule is COC(=O)C1(NC2CCCCCC2)CC(C)(C)CC1C. The van der Waals surface area contributed by atoms with Crippen LogP contribution in [0.2, 0.25) is 0 Å². The maximum atomic E-state index is 12.5. The summed E-state index contributed by atoms with van der Waals surface area (Å²) in [4.78, 5) is 12.5. The number of nitrogens with one attached hydrogen (secondary N) is 1. The molecule has 2 atom stereocenters. The van der Waals surface area contributed by atoms with E-state index in [0.717, 1.165) is 12.8 Å². The topological polar surface area (TPSA) is 38.3 Å². The third-order valence-electron chi connectivity index (χ3n) is 5.32. The first-order valence-electron chi connectivity index (χ1n) is 8.26. The Morgan fingerprint density at radius 1 is 1.15 bits per heavy atom. The normalized spacial score (nSPS) is 34.7. The highest BCUT2D eigenvalue weighted by Gasteiger charge is 2.54. The monoisotopic (exact) mass is 281 g/mol. The van der Waals surface area contributed by atoms with Gasteiger partial charge in [0.1, 0.15) is 5.54 Å². The molecule has 0 heterocycles. The number of carbonyl (C=O) groups excluding carboxylic acids is 1. The van der Waals surface area contributed by atoms with E-state index in [9.17, 15) is 4.79 Å². The zero-order chi connectivity index (χ0) is 14.8. The summed E-state index contributed by atoms with van der Waals surface area (Å²) in [5.41, 5.74) is -0.251. The van der Waals surface area contributed by atoms with Crippen molar-refractivity contribution in [2.24, 2.45) is 11.3 Å². The molecule has 1 N–H and O–H groups in total. The van der Waals surface area contributed by atoms with Crippen LogP contribution in [0.1, 0.15) is 72.1 Å². The van der Waals surface area contributed by atoms with Gasteiger partial charge in [-0.05, 0) is 37.0 Å². The van der Waals surface area contributed by atoms with E-state index in [1.165, 1.54) is 45.6 Å². The Hall–Kier alpha value is -0.570. The van der Waals surface area contributed by atoms with E-state index < -0.39 is 5.54 Å². The molecule has 0 aromatic rings. The Balaban J connectivity index is 2.17. The minimum atomic E-state index is -0.465. The summed E-state index contributed by atoms with van der Waals surface area (Å²) in [5.74, 6) is 0.285. The number of hydrogen-bond donors (Lipinski definition) is 1. The number of rotatable bonds is 3. The highest BCUT2D eigenvalue weighted by molar-refractivity contribution is 5.82. The molecular formula is C17H31NO2. The predicted molar refractivity (Wildman–Crippen MR) is 81.6 cm³/mol. The van der Waals surface area contributed by atoms with Crippen LogP contribution in [-0.2, 0) is 9.53 Å². The van der Waals surface area contributed by atoms with Crippen LogP contribution in [0.4, 0.5) is 0 Å². The second-order valence-corrected chi connectivity index (χ2v) is 7.74. The zero-order valence-corrected chi connectivity index (χ0v) is 13.6. The van der Waals surface area contributed by atoms with Gasteiger partial charge in [-0.3, -0.25) is 10.1 Å². The average Bonchev–Trinajstić information content (AvgIpc) is 2.58. The molecule has 20 heavy (non-hydrogen) atoms. The smallest absolute Gasteiger partial charge is 0.326 e. The average molecular weight is 281 g/mol. The van der Waals surface area contributed by atoms with Crippen LogP contribution in [0, 0.1) is 11.3 Å². The van der Waals surface area contributed by atoms with Gasteiger partial charge in [-0.1, -0.05) is 46.5 Å². The Morgan fingerprint density at radius 2 is 1.75 bits per heavy atom. The second kappa shape index (κ2) is 6.05. The Kier molecular flexibility index (Phi) is 4.78. The minimum absolute atomic E-state index is 0.0557. The molecule has 2 rings (SSSR count). The van der Waals surface area contributed by atoms with Crippen LogP contribution in [-0.4, -0.2) is 24.7 Å². The van der Waals surface area contributed by atoms with Gasteiger partial charge >= 0.3 is 5.97 Å². The Labute approximate surface area is 123 Å². The van der Waals surface area contributed by atoms with E-state index in [4.69, 9.17) is 4.74 Å². The van der Waals surface area contributed by atoms with Gasteiger partial charge in [-0.15, -0.1) is 0 Å². The fraction of sp³-hybridized carbons (Fsp3) is 0.941. The molecule has 2 unspecified atom stereocenters. The standard InChI is InChI=1S/C17H31NO2/c1-13-11-16(2,3)12-17(13,15(19)20-4)18-14-9-7-5-6-8-10-14/h13-14,18H,5-12H2,1-4H3. The molecule has 0 spiro atoms. The molecular weight excluding hydrogens is 250 g/mol. The lowest BCUT2D eigenvalue weighted by Crippen LogP contribution is -2.58. The van der Waals surface area contributed by atoms with Crippen molar-refractivity contribution in [3.8, 4) is 0 Å². The first-order valence-corrected chi connectivity index (χ1v) is 8.26. The first kappa shape index (κ1) is 15.8. The quantitative estimate of drug-likeness (QED) is 0.633. The molecule has 0 saturated heterocycles. The summed E-state index contributed by atoms with van der Waals surface area (Å²) in [6, 6.07) is 0.480. The largest absolute Gasteiger partial charge is 0.468 e. The number of methoxy groups -OCH3 is 1. The van der Waals surface area contributed by atoms with Gasteiger partial charge in [0, 0.05) is 6.04 Å². The summed E-state index contributed by atoms with van der Waals surface area (Å²) < 4.78 is 5.17. The van der Waals surface area contributed by atoms with Crippen molar-refractivity contribution in [2.75, 3.05) is 7.11 Å². The molecule has 3 heteroatoms. The van der Waals surface area contributed by atoms with Gasteiger partial charge in [0.2, 0.25) is 0 Å². The van der Waals surface area contributed by atoms with E-state index in [1.807, 2.05) is 0 Å². The molecule has 0 radical (unpaired) electrons. The number of esters is 1. The van der Waals surface area contributed by atoms with Gasteiger partial charge in [-0.2, -0.15) is 0 Å². The summed E-state index contributed by atoms with van der Waals surface area (Å²) in [6.07, 6.45) is 9.62. The van der Waals surface area contributed by atoms with Crippen LogP contribution in [0.3, 0.4) is 0 Å². The van der Waals surface area contributed by atoms with Gasteiger partial charge in [-0.25, -0.2) is 0 Å². The van der Waals surface area contributed by atoms with E-state index in [1.54, 1.807) is 0 Å². The third kappa shape index (κ3) is 3.19. The van der Waals surface area contributed by atoms with Crippen LogP contribution in [0.5, 0.6) is 0 Å². The summed E-state index contributed by atoms with van der Waals surface area (Å²) in [5, 5.41) is 3.75. The molecule has 2 fully saturated rings. The fourth-order valence-electron chi connectivity index (χ4n) is 4.50. The lowest BCUT2D eigenvalue weighted by Gasteiger charge is -2.36. The second-order valence-electron chi connectivity index (χ2n) is 7.74. The molecule has 0 amide bonds. The number of carbonyl (C=O) groups is 1. The van der Waals surface area contributed by atoms with Crippen LogP contribution >= 0.6 is 0 Å². The first-order chi connectivity index (χ1) is 9.39. The molecule has 3 nitrogen and oxygen atoms in total. The molecule has 0 aliphatic heterocycles. The Bertz CT molecular complexity index is 345.